The zero-order chi connectivity index (χ0) is 17.6. The van der Waals surface area contributed by atoms with Gasteiger partial charge in [-0.2, -0.15) is 5.10 Å². The summed E-state index contributed by atoms with van der Waals surface area (Å²) in [7, 11) is 0. The number of benzene rings is 2. The van der Waals surface area contributed by atoms with Crippen LogP contribution in [0.25, 0.3) is 5.69 Å². The van der Waals surface area contributed by atoms with Crippen molar-refractivity contribution in [3.63, 3.8) is 0 Å². The van der Waals surface area contributed by atoms with Crippen molar-refractivity contribution in [3.05, 3.63) is 76.5 Å². The predicted octanol–water partition coefficient (Wildman–Crippen LogP) is 3.70. The molecule has 128 valence electrons. The first-order valence-corrected chi connectivity index (χ1v) is 8.78. The molecule has 1 heterocycles. The van der Waals surface area contributed by atoms with Gasteiger partial charge in [-0.3, -0.25) is 4.79 Å². The highest BCUT2D eigenvalue weighted by atomic mass is 79.9. The Morgan fingerprint density at radius 3 is 2.56 bits per heavy atom. The van der Waals surface area contributed by atoms with Crippen LogP contribution in [0.3, 0.4) is 0 Å². The Labute approximate surface area is 154 Å². The zero-order valence-corrected chi connectivity index (χ0v) is 15.1. The molecule has 0 fully saturated rings. The second kappa shape index (κ2) is 7.98. The number of amides is 1. The molecule has 5 nitrogen and oxygen atoms in total. The summed E-state index contributed by atoms with van der Waals surface area (Å²) < 4.78 is 2.67. The van der Waals surface area contributed by atoms with E-state index in [2.05, 4.69) is 26.3 Å². The third-order valence-corrected chi connectivity index (χ3v) is 4.33. The summed E-state index contributed by atoms with van der Waals surface area (Å²) in [6.45, 7) is 0.586. The van der Waals surface area contributed by atoms with Crippen LogP contribution in [0.2, 0.25) is 0 Å². The molecule has 0 spiro atoms. The van der Waals surface area contributed by atoms with Gasteiger partial charge in [-0.25, -0.2) is 4.68 Å². The van der Waals surface area contributed by atoms with Gasteiger partial charge in [0.25, 0.3) is 5.91 Å². The van der Waals surface area contributed by atoms with Gasteiger partial charge in [-0.05, 0) is 54.8 Å². The van der Waals surface area contributed by atoms with Crippen LogP contribution in [-0.2, 0) is 6.42 Å². The van der Waals surface area contributed by atoms with Crippen LogP contribution in [0, 0.1) is 0 Å². The smallest absolute Gasteiger partial charge is 0.254 e. The minimum absolute atomic E-state index is 0.130. The number of nitrogens with zero attached hydrogens (tertiary/aromatic N) is 2. The lowest BCUT2D eigenvalue weighted by molar-refractivity contribution is 0.0953. The molecule has 0 bridgehead atoms. The molecule has 2 N–H and O–H groups in total. The Balaban J connectivity index is 1.50. The molecule has 6 heteroatoms. The third kappa shape index (κ3) is 4.70. The van der Waals surface area contributed by atoms with Crippen molar-refractivity contribution < 1.29 is 9.90 Å². The van der Waals surface area contributed by atoms with Gasteiger partial charge in [0.05, 0.1) is 17.4 Å². The van der Waals surface area contributed by atoms with Crippen molar-refractivity contribution in [1.82, 2.24) is 15.1 Å². The maximum Gasteiger partial charge on any atom is 0.254 e. The van der Waals surface area contributed by atoms with Gasteiger partial charge in [0.1, 0.15) is 5.75 Å². The monoisotopic (exact) mass is 399 g/mol. The maximum atomic E-state index is 12.2. The van der Waals surface area contributed by atoms with E-state index in [0.29, 0.717) is 12.1 Å². The third-order valence-electron chi connectivity index (χ3n) is 3.80. The minimum Gasteiger partial charge on any atom is -0.508 e. The number of aryl methyl sites for hydroxylation is 1. The Morgan fingerprint density at radius 2 is 1.84 bits per heavy atom. The fraction of sp³-hybridized carbons (Fsp3) is 0.158. The van der Waals surface area contributed by atoms with Crippen molar-refractivity contribution in [1.29, 1.82) is 0 Å². The number of hydrogen-bond donors (Lipinski definition) is 2. The number of nitrogens with one attached hydrogen (secondary N) is 1. The normalized spacial score (nSPS) is 10.6. The Hall–Kier alpha value is -2.60. The second-order valence-corrected chi connectivity index (χ2v) is 6.59. The van der Waals surface area contributed by atoms with E-state index in [1.54, 1.807) is 29.2 Å². The van der Waals surface area contributed by atoms with Crippen molar-refractivity contribution in [2.45, 2.75) is 12.8 Å². The molecule has 0 aliphatic rings. The van der Waals surface area contributed by atoms with Crippen molar-refractivity contribution in [3.8, 4) is 11.4 Å². The molecule has 25 heavy (non-hydrogen) atoms. The van der Waals surface area contributed by atoms with E-state index < -0.39 is 0 Å². The molecule has 0 saturated heterocycles. The van der Waals surface area contributed by atoms with Crippen molar-refractivity contribution in [2.24, 2.45) is 0 Å². The highest BCUT2D eigenvalue weighted by molar-refractivity contribution is 9.10. The van der Waals surface area contributed by atoms with E-state index in [4.69, 9.17) is 0 Å². The lowest BCUT2D eigenvalue weighted by Crippen LogP contribution is -2.24. The SMILES string of the molecule is O=C(NCCCc1ccc(O)cc1)c1cnn(-c2ccc(Br)cc2)c1. The summed E-state index contributed by atoms with van der Waals surface area (Å²) in [5.41, 5.74) is 2.57. The summed E-state index contributed by atoms with van der Waals surface area (Å²) in [6.07, 6.45) is 4.96. The quantitative estimate of drug-likeness (QED) is 0.620. The molecule has 0 saturated carbocycles. The average molecular weight is 400 g/mol. The zero-order valence-electron chi connectivity index (χ0n) is 13.5. The van der Waals surface area contributed by atoms with Gasteiger partial charge in [0.15, 0.2) is 0 Å². The Kier molecular flexibility index (Phi) is 5.50. The number of rotatable bonds is 6. The predicted molar refractivity (Wildman–Crippen MR) is 100 cm³/mol. The number of hydrogen-bond acceptors (Lipinski definition) is 3. The molecule has 0 atom stereocenters. The van der Waals surface area contributed by atoms with E-state index >= 15 is 0 Å². The van der Waals surface area contributed by atoms with E-state index in [0.717, 1.165) is 28.6 Å². The first kappa shape index (κ1) is 17.2. The first-order chi connectivity index (χ1) is 12.1. The molecular weight excluding hydrogens is 382 g/mol. The second-order valence-electron chi connectivity index (χ2n) is 5.68. The van der Waals surface area contributed by atoms with E-state index in [-0.39, 0.29) is 11.7 Å². The summed E-state index contributed by atoms with van der Waals surface area (Å²) in [5, 5.41) is 16.4. The van der Waals surface area contributed by atoms with Crippen LogP contribution in [0.1, 0.15) is 22.3 Å². The topological polar surface area (TPSA) is 67.2 Å². The number of phenolic OH excluding ortho intramolecular Hbond substituents is 1. The van der Waals surface area contributed by atoms with Gasteiger partial charge >= 0.3 is 0 Å². The largest absolute Gasteiger partial charge is 0.508 e. The first-order valence-electron chi connectivity index (χ1n) is 7.98. The van der Waals surface area contributed by atoms with Crippen LogP contribution < -0.4 is 5.32 Å². The van der Waals surface area contributed by atoms with Crippen LogP contribution in [0.15, 0.2) is 65.4 Å². The Bertz CT molecular complexity index is 842. The molecule has 3 aromatic rings. The number of aromatic hydroxyl groups is 1. The highest BCUT2D eigenvalue weighted by Crippen LogP contribution is 2.14. The molecule has 2 aromatic carbocycles. The fourth-order valence-corrected chi connectivity index (χ4v) is 2.70. The highest BCUT2D eigenvalue weighted by Gasteiger charge is 2.09. The van der Waals surface area contributed by atoms with Crippen molar-refractivity contribution >= 4 is 21.8 Å². The van der Waals surface area contributed by atoms with Crippen molar-refractivity contribution in [2.75, 3.05) is 6.54 Å². The average Bonchev–Trinajstić information content (AvgIpc) is 3.11. The molecule has 1 amide bonds. The maximum absolute atomic E-state index is 12.2. The number of phenols is 1. The molecule has 3 rings (SSSR count). The molecule has 0 aliphatic heterocycles. The summed E-state index contributed by atoms with van der Waals surface area (Å²) in [5.74, 6) is 0.133. The van der Waals surface area contributed by atoms with Gasteiger partial charge in [-0.15, -0.1) is 0 Å². The van der Waals surface area contributed by atoms with E-state index in [1.165, 1.54) is 0 Å². The van der Waals surface area contributed by atoms with Crippen LogP contribution in [0.5, 0.6) is 5.75 Å². The molecule has 1 aromatic heterocycles. The fourth-order valence-electron chi connectivity index (χ4n) is 2.43. The van der Waals surface area contributed by atoms with Crippen LogP contribution in [0.4, 0.5) is 0 Å². The molecular formula is C19H18BrN3O2. The number of aromatic nitrogens is 2. The van der Waals surface area contributed by atoms with E-state index in [1.807, 2.05) is 36.4 Å². The standard InChI is InChI=1S/C19H18BrN3O2/c20-16-5-7-17(8-6-16)23-13-15(12-22-23)19(25)21-11-1-2-14-3-9-18(24)10-4-14/h3-10,12-13,24H,1-2,11H2,(H,21,25). The van der Waals surface area contributed by atoms with Gasteiger partial charge < -0.3 is 10.4 Å². The molecule has 0 aliphatic carbocycles. The molecule has 0 unspecified atom stereocenters. The summed E-state index contributed by atoms with van der Waals surface area (Å²) >= 11 is 3.40. The van der Waals surface area contributed by atoms with Gasteiger partial charge in [-0.1, -0.05) is 28.1 Å². The number of halogens is 1. The number of carbonyl (C=O) groups excluding carboxylic acids is 1. The summed E-state index contributed by atoms with van der Waals surface area (Å²) in [4.78, 5) is 12.2. The van der Waals surface area contributed by atoms with Crippen LogP contribution >= 0.6 is 15.9 Å². The van der Waals surface area contributed by atoms with E-state index in [9.17, 15) is 9.90 Å². The van der Waals surface area contributed by atoms with Gasteiger partial charge in [0, 0.05) is 17.2 Å². The van der Waals surface area contributed by atoms with Crippen LogP contribution in [-0.4, -0.2) is 27.3 Å². The molecule has 0 radical (unpaired) electrons. The Morgan fingerprint density at radius 1 is 1.12 bits per heavy atom. The van der Waals surface area contributed by atoms with Gasteiger partial charge in [0.2, 0.25) is 0 Å². The lowest BCUT2D eigenvalue weighted by Gasteiger charge is -2.04. The summed E-state index contributed by atoms with van der Waals surface area (Å²) in [6, 6.07) is 14.8. The lowest BCUT2D eigenvalue weighted by atomic mass is 10.1. The minimum atomic E-state index is -0.130. The number of carbonyl (C=O) groups is 1.